The van der Waals surface area contributed by atoms with Gasteiger partial charge in [0.05, 0.1) is 12.4 Å². The summed E-state index contributed by atoms with van der Waals surface area (Å²) in [6, 6.07) is 7.85. The molecule has 3 aromatic rings. The van der Waals surface area contributed by atoms with Gasteiger partial charge in [0.1, 0.15) is 5.75 Å². The number of aromatic nitrogens is 4. The number of likely N-dealkylation sites (tertiary alicyclic amines) is 1. The van der Waals surface area contributed by atoms with Gasteiger partial charge in [-0.2, -0.15) is 0 Å². The van der Waals surface area contributed by atoms with E-state index in [1.807, 2.05) is 42.1 Å². The van der Waals surface area contributed by atoms with E-state index < -0.39 is 0 Å². The highest BCUT2D eigenvalue weighted by Gasteiger charge is 2.11. The van der Waals surface area contributed by atoms with Gasteiger partial charge in [-0.15, -0.1) is 10.2 Å². The van der Waals surface area contributed by atoms with Crippen molar-refractivity contribution in [3.63, 3.8) is 0 Å². The van der Waals surface area contributed by atoms with E-state index >= 15 is 0 Å². The van der Waals surface area contributed by atoms with Crippen molar-refractivity contribution in [2.24, 2.45) is 7.05 Å². The molecule has 1 aliphatic heterocycles. The third kappa shape index (κ3) is 5.61. The van der Waals surface area contributed by atoms with Crippen LogP contribution >= 0.6 is 11.8 Å². The Hall–Kier alpha value is -2.32. The first-order valence-electron chi connectivity index (χ1n) is 10.2. The second-order valence-corrected chi connectivity index (χ2v) is 8.18. The molecule has 0 aliphatic carbocycles. The zero-order valence-corrected chi connectivity index (χ0v) is 17.6. The van der Waals surface area contributed by atoms with Crippen molar-refractivity contribution < 1.29 is 9.15 Å². The highest BCUT2D eigenvalue weighted by molar-refractivity contribution is 7.98. The lowest BCUT2D eigenvalue weighted by molar-refractivity contribution is 0.205. The second kappa shape index (κ2) is 9.93. The van der Waals surface area contributed by atoms with Gasteiger partial charge in [0, 0.05) is 31.5 Å². The number of aryl methyl sites for hydroxylation is 1. The Kier molecular flexibility index (Phi) is 6.84. The predicted molar refractivity (Wildman–Crippen MR) is 113 cm³/mol. The maximum Gasteiger partial charge on any atom is 0.247 e. The molecule has 3 heterocycles. The molecule has 0 radical (unpaired) electrons. The lowest BCUT2D eigenvalue weighted by atomic mass is 10.1. The molecule has 0 unspecified atom stereocenters. The van der Waals surface area contributed by atoms with Crippen LogP contribution in [0.15, 0.2) is 46.2 Å². The predicted octanol–water partition coefficient (Wildman–Crippen LogP) is 4.02. The average molecular weight is 414 g/mol. The van der Waals surface area contributed by atoms with E-state index in [2.05, 4.69) is 20.1 Å². The molecule has 0 spiro atoms. The minimum atomic E-state index is 0.525. The molecule has 0 saturated carbocycles. The van der Waals surface area contributed by atoms with Crippen molar-refractivity contribution >= 4 is 11.8 Å². The fourth-order valence-corrected chi connectivity index (χ4v) is 4.17. The third-order valence-corrected chi connectivity index (χ3v) is 6.05. The minimum absolute atomic E-state index is 0.525. The number of thioether (sulfide) groups is 1. The summed E-state index contributed by atoms with van der Waals surface area (Å²) in [5, 5.41) is 9.22. The lowest BCUT2D eigenvalue weighted by Gasteiger charge is -2.26. The first-order valence-corrected chi connectivity index (χ1v) is 11.1. The molecule has 0 N–H and O–H groups in total. The molecular weight excluding hydrogens is 386 g/mol. The number of rotatable bonds is 9. The van der Waals surface area contributed by atoms with Crippen molar-refractivity contribution in [2.75, 3.05) is 26.2 Å². The van der Waals surface area contributed by atoms with Crippen molar-refractivity contribution in [3.05, 3.63) is 42.5 Å². The third-order valence-electron chi connectivity index (χ3n) is 5.01. The van der Waals surface area contributed by atoms with Crippen molar-refractivity contribution in [1.29, 1.82) is 0 Å². The van der Waals surface area contributed by atoms with E-state index in [9.17, 15) is 0 Å². The molecule has 4 rings (SSSR count). The van der Waals surface area contributed by atoms with Gasteiger partial charge in [-0.3, -0.25) is 0 Å². The van der Waals surface area contributed by atoms with E-state index in [-0.39, 0.29) is 0 Å². The molecule has 1 fully saturated rings. The molecule has 0 atom stereocenters. The Labute approximate surface area is 175 Å². The summed E-state index contributed by atoms with van der Waals surface area (Å²) in [4.78, 5) is 6.82. The van der Waals surface area contributed by atoms with E-state index in [0.29, 0.717) is 17.5 Å². The van der Waals surface area contributed by atoms with Crippen LogP contribution in [0.1, 0.15) is 31.6 Å². The highest BCUT2D eigenvalue weighted by atomic mass is 32.2. The van der Waals surface area contributed by atoms with Gasteiger partial charge in [-0.25, -0.2) is 4.98 Å². The zero-order valence-electron chi connectivity index (χ0n) is 16.8. The Morgan fingerprint density at radius 2 is 1.93 bits per heavy atom. The highest BCUT2D eigenvalue weighted by Crippen LogP contribution is 2.24. The van der Waals surface area contributed by atoms with Crippen LogP contribution in [0.4, 0.5) is 0 Å². The first-order chi connectivity index (χ1) is 14.3. The van der Waals surface area contributed by atoms with Gasteiger partial charge in [0.15, 0.2) is 5.16 Å². The first kappa shape index (κ1) is 20.0. The molecule has 8 heteroatoms. The summed E-state index contributed by atoms with van der Waals surface area (Å²) in [5.74, 6) is 2.58. The Bertz CT molecular complexity index is 887. The SMILES string of the molecule is Cn1ccnc1SCc1nnc(-c2ccc(OCCCN3CCCCC3)cc2)o1. The average Bonchev–Trinajstić information content (AvgIpc) is 3.40. The zero-order chi connectivity index (χ0) is 19.9. The summed E-state index contributed by atoms with van der Waals surface area (Å²) in [5.41, 5.74) is 0.895. The Morgan fingerprint density at radius 1 is 1.10 bits per heavy atom. The van der Waals surface area contributed by atoms with Gasteiger partial charge >= 0.3 is 0 Å². The summed E-state index contributed by atoms with van der Waals surface area (Å²) >= 11 is 1.57. The fourth-order valence-electron chi connectivity index (χ4n) is 3.40. The minimum Gasteiger partial charge on any atom is -0.494 e. The fraction of sp³-hybridized carbons (Fsp3) is 0.476. The number of nitrogens with zero attached hydrogens (tertiary/aromatic N) is 5. The molecule has 0 bridgehead atoms. The van der Waals surface area contributed by atoms with Crippen LogP contribution in [0.25, 0.3) is 11.5 Å². The number of hydrogen-bond acceptors (Lipinski definition) is 7. The molecular formula is C21H27N5O2S. The van der Waals surface area contributed by atoms with Crippen LogP contribution in [-0.4, -0.2) is 50.9 Å². The second-order valence-electron chi connectivity index (χ2n) is 7.24. The van der Waals surface area contributed by atoms with Crippen LogP contribution in [-0.2, 0) is 12.8 Å². The number of benzene rings is 1. The molecule has 154 valence electrons. The number of hydrogen-bond donors (Lipinski definition) is 0. The lowest BCUT2D eigenvalue weighted by Crippen LogP contribution is -2.31. The summed E-state index contributed by atoms with van der Waals surface area (Å²) < 4.78 is 13.6. The Balaban J connectivity index is 1.23. The van der Waals surface area contributed by atoms with Crippen LogP contribution < -0.4 is 4.74 Å². The summed E-state index contributed by atoms with van der Waals surface area (Å²) in [6.07, 6.45) is 8.80. The van der Waals surface area contributed by atoms with Gasteiger partial charge in [0.2, 0.25) is 11.8 Å². The maximum atomic E-state index is 5.88. The Morgan fingerprint density at radius 3 is 2.69 bits per heavy atom. The van der Waals surface area contributed by atoms with E-state index in [4.69, 9.17) is 9.15 Å². The van der Waals surface area contributed by atoms with Crippen LogP contribution in [0.3, 0.4) is 0 Å². The van der Waals surface area contributed by atoms with E-state index in [1.54, 1.807) is 18.0 Å². The van der Waals surface area contributed by atoms with Crippen LogP contribution in [0.2, 0.25) is 0 Å². The monoisotopic (exact) mass is 413 g/mol. The van der Waals surface area contributed by atoms with Crippen molar-refractivity contribution in [2.45, 2.75) is 36.6 Å². The van der Waals surface area contributed by atoms with E-state index in [1.165, 1.54) is 32.4 Å². The number of ether oxygens (including phenoxy) is 1. The molecule has 0 amide bonds. The quantitative estimate of drug-likeness (QED) is 0.388. The molecule has 29 heavy (non-hydrogen) atoms. The summed E-state index contributed by atoms with van der Waals surface area (Å²) in [7, 11) is 1.96. The molecule has 1 saturated heterocycles. The van der Waals surface area contributed by atoms with Gasteiger partial charge in [-0.1, -0.05) is 18.2 Å². The standard InChI is InChI=1S/C21H27N5O2S/c1-25-14-10-22-21(25)29-16-19-23-24-20(28-19)17-6-8-18(9-7-17)27-15-5-13-26-11-3-2-4-12-26/h6-10,14H,2-5,11-13,15-16H2,1H3. The molecule has 1 aliphatic rings. The largest absolute Gasteiger partial charge is 0.494 e. The topological polar surface area (TPSA) is 69.2 Å². The van der Waals surface area contributed by atoms with Crippen LogP contribution in [0.5, 0.6) is 5.75 Å². The normalized spacial score (nSPS) is 14.9. The number of piperidine rings is 1. The van der Waals surface area contributed by atoms with Crippen molar-refractivity contribution in [3.8, 4) is 17.2 Å². The molecule has 1 aromatic carbocycles. The summed E-state index contributed by atoms with van der Waals surface area (Å²) in [6.45, 7) is 4.34. The smallest absolute Gasteiger partial charge is 0.247 e. The molecule has 2 aromatic heterocycles. The number of imidazole rings is 1. The maximum absolute atomic E-state index is 5.88. The molecule has 7 nitrogen and oxygen atoms in total. The van der Waals surface area contributed by atoms with Crippen LogP contribution in [0, 0.1) is 0 Å². The van der Waals surface area contributed by atoms with Gasteiger partial charge < -0.3 is 18.6 Å². The van der Waals surface area contributed by atoms with Gasteiger partial charge in [0.25, 0.3) is 0 Å². The van der Waals surface area contributed by atoms with E-state index in [0.717, 1.165) is 36.0 Å². The van der Waals surface area contributed by atoms with Crippen molar-refractivity contribution in [1.82, 2.24) is 24.6 Å². The van der Waals surface area contributed by atoms with Gasteiger partial charge in [-0.05, 0) is 56.6 Å².